The van der Waals surface area contributed by atoms with E-state index in [4.69, 9.17) is 16.7 Å². The fraction of sp³-hybridized carbons (Fsp3) is 0.500. The molecule has 5 heteroatoms. The molecule has 0 fully saturated rings. The van der Waals surface area contributed by atoms with Crippen LogP contribution >= 0.6 is 11.6 Å². The van der Waals surface area contributed by atoms with Gasteiger partial charge >= 0.3 is 5.97 Å². The maximum Gasteiger partial charge on any atom is 0.320 e. The van der Waals surface area contributed by atoms with Crippen LogP contribution < -0.4 is 5.32 Å². The van der Waals surface area contributed by atoms with Gasteiger partial charge in [0, 0.05) is 11.1 Å². The molecule has 0 amide bonds. The number of carboxylic acids is 1. The normalized spacial score (nSPS) is 15.8. The van der Waals surface area contributed by atoms with Crippen LogP contribution in [0.3, 0.4) is 0 Å². The zero-order chi connectivity index (χ0) is 14.6. The number of nitrogens with one attached hydrogen (secondary N) is 1. The molecule has 106 valence electrons. The summed E-state index contributed by atoms with van der Waals surface area (Å²) in [7, 11) is 0. The van der Waals surface area contributed by atoms with E-state index in [9.17, 15) is 9.90 Å². The minimum atomic E-state index is -0.932. The lowest BCUT2D eigenvalue weighted by atomic mass is 9.98. The second-order valence-corrected chi connectivity index (χ2v) is 5.10. The Kier molecular flexibility index (Phi) is 5.79. The lowest BCUT2D eigenvalue weighted by molar-refractivity contribution is -0.139. The van der Waals surface area contributed by atoms with Gasteiger partial charge in [0.15, 0.2) is 0 Å². The molecule has 1 aromatic rings. The van der Waals surface area contributed by atoms with Crippen LogP contribution in [0.5, 0.6) is 0 Å². The first-order valence-electron chi connectivity index (χ1n) is 6.29. The highest BCUT2D eigenvalue weighted by molar-refractivity contribution is 6.31. The molecule has 1 rings (SSSR count). The number of aliphatic hydroxyl groups is 1. The van der Waals surface area contributed by atoms with Crippen molar-refractivity contribution in [2.45, 2.75) is 45.4 Å². The minimum Gasteiger partial charge on any atom is -0.480 e. The van der Waals surface area contributed by atoms with Crippen molar-refractivity contribution in [1.29, 1.82) is 0 Å². The molecule has 1 aromatic carbocycles. The third kappa shape index (κ3) is 4.20. The Morgan fingerprint density at radius 3 is 2.58 bits per heavy atom. The Balaban J connectivity index is 2.85. The van der Waals surface area contributed by atoms with Crippen molar-refractivity contribution in [3.63, 3.8) is 0 Å². The van der Waals surface area contributed by atoms with E-state index in [1.54, 1.807) is 19.1 Å². The van der Waals surface area contributed by atoms with Crippen molar-refractivity contribution in [2.24, 2.45) is 0 Å². The van der Waals surface area contributed by atoms with Crippen molar-refractivity contribution in [2.75, 3.05) is 0 Å². The second-order valence-electron chi connectivity index (χ2n) is 4.69. The summed E-state index contributed by atoms with van der Waals surface area (Å²) in [6.45, 7) is 5.33. The zero-order valence-corrected chi connectivity index (χ0v) is 12.1. The van der Waals surface area contributed by atoms with E-state index in [1.807, 2.05) is 19.9 Å². The minimum absolute atomic E-state index is 0.313. The summed E-state index contributed by atoms with van der Waals surface area (Å²) in [5, 5.41) is 22.8. The van der Waals surface area contributed by atoms with Crippen LogP contribution in [0.1, 0.15) is 37.5 Å². The summed E-state index contributed by atoms with van der Waals surface area (Å²) >= 11 is 5.95. The van der Waals surface area contributed by atoms with Crippen molar-refractivity contribution < 1.29 is 15.0 Å². The molecule has 0 saturated carbocycles. The fourth-order valence-corrected chi connectivity index (χ4v) is 2.03. The van der Waals surface area contributed by atoms with Crippen molar-refractivity contribution in [3.05, 3.63) is 34.3 Å². The van der Waals surface area contributed by atoms with E-state index in [0.717, 1.165) is 11.1 Å². The number of aryl methyl sites for hydroxylation is 1. The monoisotopic (exact) mass is 285 g/mol. The van der Waals surface area contributed by atoms with E-state index in [1.165, 1.54) is 0 Å². The summed E-state index contributed by atoms with van der Waals surface area (Å²) in [6, 6.07) is 4.31. The molecule has 3 atom stereocenters. The van der Waals surface area contributed by atoms with Gasteiger partial charge in [-0.15, -0.1) is 0 Å². The summed E-state index contributed by atoms with van der Waals surface area (Å²) in [6.07, 6.45) is -0.136. The van der Waals surface area contributed by atoms with Crippen molar-refractivity contribution in [1.82, 2.24) is 5.32 Å². The molecule has 0 saturated heterocycles. The molecular weight excluding hydrogens is 266 g/mol. The van der Waals surface area contributed by atoms with Crippen LogP contribution in [-0.4, -0.2) is 28.3 Å². The number of hydrogen-bond acceptors (Lipinski definition) is 3. The van der Waals surface area contributed by atoms with Gasteiger partial charge in [0.1, 0.15) is 6.04 Å². The summed E-state index contributed by atoms with van der Waals surface area (Å²) in [5.74, 6) is -0.932. The lowest BCUT2D eigenvalue weighted by Crippen LogP contribution is -2.44. The Bertz CT molecular complexity index is 450. The first-order valence-corrected chi connectivity index (χ1v) is 6.67. The molecule has 3 unspecified atom stereocenters. The van der Waals surface area contributed by atoms with Gasteiger partial charge in [-0.25, -0.2) is 0 Å². The van der Waals surface area contributed by atoms with Gasteiger partial charge in [0.05, 0.1) is 6.10 Å². The second kappa shape index (κ2) is 6.89. The van der Waals surface area contributed by atoms with Crippen LogP contribution in [0.15, 0.2) is 18.2 Å². The van der Waals surface area contributed by atoms with E-state index in [0.29, 0.717) is 11.4 Å². The van der Waals surface area contributed by atoms with Crippen molar-refractivity contribution >= 4 is 17.6 Å². The largest absolute Gasteiger partial charge is 0.480 e. The highest BCUT2D eigenvalue weighted by Crippen LogP contribution is 2.24. The zero-order valence-electron chi connectivity index (χ0n) is 11.4. The number of halogens is 1. The van der Waals surface area contributed by atoms with Crippen LogP contribution in [0.4, 0.5) is 0 Å². The van der Waals surface area contributed by atoms with Crippen LogP contribution in [0.2, 0.25) is 5.02 Å². The average molecular weight is 286 g/mol. The number of carbonyl (C=O) groups is 1. The summed E-state index contributed by atoms with van der Waals surface area (Å²) in [4.78, 5) is 10.8. The highest BCUT2D eigenvalue weighted by atomic mass is 35.5. The van der Waals surface area contributed by atoms with Crippen LogP contribution in [-0.2, 0) is 4.79 Å². The third-order valence-corrected chi connectivity index (χ3v) is 3.60. The maximum atomic E-state index is 10.8. The van der Waals surface area contributed by atoms with E-state index < -0.39 is 18.1 Å². The molecule has 4 nitrogen and oxygen atoms in total. The number of aliphatic hydroxyl groups excluding tert-OH is 1. The maximum absolute atomic E-state index is 10.8. The fourth-order valence-electron chi connectivity index (χ4n) is 1.91. The Morgan fingerprint density at radius 2 is 2.11 bits per heavy atom. The molecule has 3 N–H and O–H groups in total. The number of carboxylic acid groups (broad SMARTS) is 1. The van der Waals surface area contributed by atoms with Gasteiger partial charge in [0.2, 0.25) is 0 Å². The summed E-state index contributed by atoms with van der Waals surface area (Å²) < 4.78 is 0. The first-order chi connectivity index (χ1) is 8.86. The predicted molar refractivity (Wildman–Crippen MR) is 75.5 cm³/mol. The van der Waals surface area contributed by atoms with Gasteiger partial charge in [-0.05, 0) is 37.5 Å². The molecule has 0 aliphatic carbocycles. The lowest BCUT2D eigenvalue weighted by Gasteiger charge is -2.25. The van der Waals surface area contributed by atoms with E-state index in [-0.39, 0.29) is 6.04 Å². The Labute approximate surface area is 118 Å². The number of benzene rings is 1. The molecular formula is C14H20ClNO3. The Hall–Kier alpha value is -1.10. The summed E-state index contributed by atoms with van der Waals surface area (Å²) in [5.41, 5.74) is 1.62. The van der Waals surface area contributed by atoms with Gasteiger partial charge in [0.25, 0.3) is 0 Å². The molecule has 0 spiro atoms. The molecule has 0 aromatic heterocycles. The van der Waals surface area contributed by atoms with Crippen LogP contribution in [0.25, 0.3) is 0 Å². The number of aliphatic carboxylic acids is 1. The van der Waals surface area contributed by atoms with Gasteiger partial charge in [-0.1, -0.05) is 30.7 Å². The molecule has 0 heterocycles. The predicted octanol–water partition coefficient (Wildman–Crippen LogP) is 2.52. The molecule has 0 radical (unpaired) electrons. The van der Waals surface area contributed by atoms with Crippen LogP contribution in [0, 0.1) is 6.92 Å². The quantitative estimate of drug-likeness (QED) is 0.751. The molecule has 0 bridgehead atoms. The average Bonchev–Trinajstić information content (AvgIpc) is 2.37. The van der Waals surface area contributed by atoms with E-state index in [2.05, 4.69) is 5.32 Å². The first kappa shape index (κ1) is 16.0. The third-order valence-electron chi connectivity index (χ3n) is 3.18. The van der Waals surface area contributed by atoms with Gasteiger partial charge < -0.3 is 10.2 Å². The van der Waals surface area contributed by atoms with Gasteiger partial charge in [-0.3, -0.25) is 10.1 Å². The molecule has 0 aliphatic heterocycles. The van der Waals surface area contributed by atoms with Crippen molar-refractivity contribution in [3.8, 4) is 0 Å². The highest BCUT2D eigenvalue weighted by Gasteiger charge is 2.23. The number of rotatable bonds is 6. The topological polar surface area (TPSA) is 69.6 Å². The van der Waals surface area contributed by atoms with E-state index >= 15 is 0 Å². The number of hydrogen-bond donors (Lipinski definition) is 3. The smallest absolute Gasteiger partial charge is 0.320 e. The SMILES string of the molecule is CCC(NC(C)C(=O)O)C(O)c1ccc(Cl)c(C)c1. The molecule has 0 aliphatic rings. The molecule has 19 heavy (non-hydrogen) atoms. The Morgan fingerprint density at radius 1 is 1.47 bits per heavy atom. The standard InChI is InChI=1S/C14H20ClNO3/c1-4-12(16-9(3)14(18)19)13(17)10-5-6-11(15)8(2)7-10/h5-7,9,12-13,16-17H,4H2,1-3H3,(H,18,19). The van der Waals surface area contributed by atoms with Gasteiger partial charge in [-0.2, -0.15) is 0 Å².